The zero-order valence-electron chi connectivity index (χ0n) is 7.08. The smallest absolute Gasteiger partial charge is 0.181 e. The van der Waals surface area contributed by atoms with Crippen LogP contribution in [0.3, 0.4) is 0 Å². The first-order valence-electron chi connectivity index (χ1n) is 4.00. The molecule has 1 rings (SSSR count). The lowest BCUT2D eigenvalue weighted by atomic mass is 10.0. The summed E-state index contributed by atoms with van der Waals surface area (Å²) in [5, 5.41) is 8.76. The quantitative estimate of drug-likeness (QED) is 0.534. The van der Waals surface area contributed by atoms with Gasteiger partial charge in [0.1, 0.15) is 6.23 Å². The van der Waals surface area contributed by atoms with Crippen LogP contribution in [0.5, 0.6) is 0 Å². The summed E-state index contributed by atoms with van der Waals surface area (Å²) in [6, 6.07) is 0.346. The second kappa shape index (κ2) is 3.59. The Hall–Kier alpha value is -0.750. The maximum Gasteiger partial charge on any atom is 0.181 e. The van der Waals surface area contributed by atoms with Crippen molar-refractivity contribution in [3.8, 4) is 6.19 Å². The fourth-order valence-corrected chi connectivity index (χ4v) is 1.54. The lowest BCUT2D eigenvalue weighted by Gasteiger charge is -2.35. The van der Waals surface area contributed by atoms with Crippen LogP contribution in [0, 0.1) is 11.5 Å². The molecule has 11 heavy (non-hydrogen) atoms. The Bertz CT molecular complexity index is 164. The van der Waals surface area contributed by atoms with Crippen LogP contribution in [0.25, 0.3) is 0 Å². The van der Waals surface area contributed by atoms with E-state index in [1.54, 1.807) is 12.0 Å². The summed E-state index contributed by atoms with van der Waals surface area (Å²) in [4.78, 5) is 1.74. The van der Waals surface area contributed by atoms with E-state index in [1.165, 1.54) is 0 Å². The van der Waals surface area contributed by atoms with E-state index in [1.807, 2.05) is 0 Å². The average molecular weight is 154 g/mol. The number of hydrogen-bond acceptors (Lipinski definition) is 3. The number of rotatable bonds is 1. The molecule has 0 aliphatic carbocycles. The summed E-state index contributed by atoms with van der Waals surface area (Å²) >= 11 is 0. The highest BCUT2D eigenvalue weighted by Crippen LogP contribution is 2.21. The molecule has 0 aromatic carbocycles. The number of nitrogens with zero attached hydrogens (tertiary/aromatic N) is 2. The van der Waals surface area contributed by atoms with Crippen LogP contribution in [0.1, 0.15) is 26.2 Å². The molecule has 1 saturated heterocycles. The van der Waals surface area contributed by atoms with Crippen LogP contribution in [0.4, 0.5) is 0 Å². The third-order valence-electron chi connectivity index (χ3n) is 2.25. The van der Waals surface area contributed by atoms with Crippen molar-refractivity contribution >= 4 is 0 Å². The molecule has 2 unspecified atom stereocenters. The fourth-order valence-electron chi connectivity index (χ4n) is 1.54. The minimum Gasteiger partial charge on any atom is -0.361 e. The number of ether oxygens (including phenoxy) is 1. The summed E-state index contributed by atoms with van der Waals surface area (Å²) < 4.78 is 5.17. The van der Waals surface area contributed by atoms with Crippen LogP contribution in [-0.4, -0.2) is 24.3 Å². The normalized spacial score (nSPS) is 31.5. The molecule has 1 fully saturated rings. The van der Waals surface area contributed by atoms with Gasteiger partial charge in [0.25, 0.3) is 0 Å². The third kappa shape index (κ3) is 1.63. The second-order valence-electron chi connectivity index (χ2n) is 2.98. The number of likely N-dealkylation sites (tertiary alicyclic amines) is 1. The van der Waals surface area contributed by atoms with E-state index in [0.29, 0.717) is 6.04 Å². The van der Waals surface area contributed by atoms with Gasteiger partial charge in [0.2, 0.25) is 0 Å². The van der Waals surface area contributed by atoms with E-state index in [-0.39, 0.29) is 6.23 Å². The molecule has 1 aliphatic heterocycles. The lowest BCUT2D eigenvalue weighted by Crippen LogP contribution is -2.42. The Kier molecular flexibility index (Phi) is 2.72. The molecular formula is C8H14N2O. The molecule has 1 heterocycles. The molecule has 0 bridgehead atoms. The van der Waals surface area contributed by atoms with Gasteiger partial charge in [0, 0.05) is 13.2 Å². The minimum atomic E-state index is 0.0174. The van der Waals surface area contributed by atoms with Gasteiger partial charge in [-0.25, -0.2) is 0 Å². The van der Waals surface area contributed by atoms with Crippen molar-refractivity contribution in [1.82, 2.24) is 4.90 Å². The van der Waals surface area contributed by atoms with Gasteiger partial charge in [-0.05, 0) is 26.2 Å². The Morgan fingerprint density at radius 3 is 2.73 bits per heavy atom. The fraction of sp³-hybridized carbons (Fsp3) is 0.875. The Labute approximate surface area is 67.6 Å². The molecule has 0 saturated carbocycles. The first-order chi connectivity index (χ1) is 5.29. The second-order valence-corrected chi connectivity index (χ2v) is 2.98. The van der Waals surface area contributed by atoms with Crippen LogP contribution >= 0.6 is 0 Å². The summed E-state index contributed by atoms with van der Waals surface area (Å²) in [5.74, 6) is 0. The third-order valence-corrected chi connectivity index (χ3v) is 2.25. The van der Waals surface area contributed by atoms with E-state index in [9.17, 15) is 0 Å². The van der Waals surface area contributed by atoms with Crippen LogP contribution < -0.4 is 0 Å². The first-order valence-corrected chi connectivity index (χ1v) is 4.00. The topological polar surface area (TPSA) is 36.3 Å². The molecule has 62 valence electrons. The van der Waals surface area contributed by atoms with Crippen molar-refractivity contribution < 1.29 is 4.74 Å². The average Bonchev–Trinajstić information content (AvgIpc) is 2.04. The highest BCUT2D eigenvalue weighted by molar-refractivity contribution is 4.86. The van der Waals surface area contributed by atoms with Crippen molar-refractivity contribution in [2.75, 3.05) is 7.11 Å². The van der Waals surface area contributed by atoms with E-state index < -0.39 is 0 Å². The molecule has 0 amide bonds. The molecule has 1 aliphatic rings. The molecule has 0 N–H and O–H groups in total. The van der Waals surface area contributed by atoms with Gasteiger partial charge in [-0.15, -0.1) is 0 Å². The summed E-state index contributed by atoms with van der Waals surface area (Å²) in [5.41, 5.74) is 0. The van der Waals surface area contributed by atoms with Gasteiger partial charge in [-0.1, -0.05) is 0 Å². The number of hydrogen-bond donors (Lipinski definition) is 0. The Morgan fingerprint density at radius 2 is 2.27 bits per heavy atom. The largest absolute Gasteiger partial charge is 0.361 e. The van der Waals surface area contributed by atoms with E-state index in [0.717, 1.165) is 19.3 Å². The molecule has 0 radical (unpaired) electrons. The van der Waals surface area contributed by atoms with Gasteiger partial charge in [-0.3, -0.25) is 4.90 Å². The van der Waals surface area contributed by atoms with Gasteiger partial charge >= 0.3 is 0 Å². The van der Waals surface area contributed by atoms with Crippen LogP contribution in [0.15, 0.2) is 0 Å². The molecule has 0 spiro atoms. The number of methoxy groups -OCH3 is 1. The van der Waals surface area contributed by atoms with Gasteiger partial charge in [-0.2, -0.15) is 5.26 Å². The highest BCUT2D eigenvalue weighted by atomic mass is 16.5. The van der Waals surface area contributed by atoms with Crippen molar-refractivity contribution in [3.05, 3.63) is 0 Å². The SMILES string of the molecule is COC1CCCC(C)N1C#N. The van der Waals surface area contributed by atoms with Crippen LogP contribution in [0.2, 0.25) is 0 Å². The van der Waals surface area contributed by atoms with Crippen molar-refractivity contribution in [2.24, 2.45) is 0 Å². The van der Waals surface area contributed by atoms with Crippen molar-refractivity contribution in [3.63, 3.8) is 0 Å². The predicted octanol–water partition coefficient (Wildman–Crippen LogP) is 1.31. The van der Waals surface area contributed by atoms with E-state index >= 15 is 0 Å². The lowest BCUT2D eigenvalue weighted by molar-refractivity contribution is -0.0447. The standard InChI is InChI=1S/C8H14N2O/c1-7-4-3-5-8(11-2)10(7)6-9/h7-8H,3-5H2,1-2H3. The van der Waals surface area contributed by atoms with Gasteiger partial charge in [0.15, 0.2) is 6.19 Å². The zero-order valence-corrected chi connectivity index (χ0v) is 7.08. The monoisotopic (exact) mass is 154 g/mol. The number of nitriles is 1. The zero-order chi connectivity index (χ0) is 8.27. The van der Waals surface area contributed by atoms with Crippen LogP contribution in [-0.2, 0) is 4.74 Å². The number of piperidine rings is 1. The summed E-state index contributed by atoms with van der Waals surface area (Å²) in [7, 11) is 1.66. The Balaban J connectivity index is 2.57. The maximum absolute atomic E-state index is 8.76. The highest BCUT2D eigenvalue weighted by Gasteiger charge is 2.26. The molecule has 0 aromatic heterocycles. The summed E-state index contributed by atoms with van der Waals surface area (Å²) in [6.45, 7) is 2.06. The van der Waals surface area contributed by atoms with Gasteiger partial charge < -0.3 is 4.74 Å². The Morgan fingerprint density at radius 1 is 1.55 bits per heavy atom. The molecular weight excluding hydrogens is 140 g/mol. The van der Waals surface area contributed by atoms with Crippen molar-refractivity contribution in [2.45, 2.75) is 38.5 Å². The first kappa shape index (κ1) is 8.35. The summed E-state index contributed by atoms with van der Waals surface area (Å²) in [6.07, 6.45) is 5.43. The molecule has 2 atom stereocenters. The molecule has 3 heteroatoms. The molecule has 0 aromatic rings. The maximum atomic E-state index is 8.76. The van der Waals surface area contributed by atoms with Crippen molar-refractivity contribution in [1.29, 1.82) is 5.26 Å². The van der Waals surface area contributed by atoms with E-state index in [4.69, 9.17) is 10.00 Å². The minimum absolute atomic E-state index is 0.0174. The van der Waals surface area contributed by atoms with Gasteiger partial charge in [0.05, 0.1) is 0 Å². The predicted molar refractivity (Wildman–Crippen MR) is 41.6 cm³/mol. The van der Waals surface area contributed by atoms with E-state index in [2.05, 4.69) is 13.1 Å². The molecule has 3 nitrogen and oxygen atoms in total.